The van der Waals surface area contributed by atoms with Crippen molar-refractivity contribution < 1.29 is 14.0 Å². The first-order valence-electron chi connectivity index (χ1n) is 9.74. The number of carbonyl (C=O) groups excluding carboxylic acids is 2. The molecule has 1 aromatic heterocycles. The summed E-state index contributed by atoms with van der Waals surface area (Å²) in [6.07, 6.45) is 6.42. The number of benzene rings is 1. The lowest BCUT2D eigenvalue weighted by atomic mass is 10.1. The molecule has 3 heterocycles. The van der Waals surface area contributed by atoms with Crippen LogP contribution in [0.5, 0.6) is 0 Å². The van der Waals surface area contributed by atoms with Crippen molar-refractivity contribution in [3.63, 3.8) is 0 Å². The number of nitriles is 1. The molecule has 0 radical (unpaired) electrons. The van der Waals surface area contributed by atoms with E-state index in [1.807, 2.05) is 12.1 Å². The first-order valence-corrected chi connectivity index (χ1v) is 10.6. The normalized spacial score (nSPS) is 18.9. The first kappa shape index (κ1) is 19.3. The minimum absolute atomic E-state index is 0.0862. The van der Waals surface area contributed by atoms with Crippen LogP contribution >= 0.6 is 11.8 Å². The minimum Gasteiger partial charge on any atom is -0.441 e. The van der Waals surface area contributed by atoms with Crippen LogP contribution in [0.3, 0.4) is 0 Å². The van der Waals surface area contributed by atoms with E-state index in [2.05, 4.69) is 11.0 Å². The van der Waals surface area contributed by atoms with Gasteiger partial charge in [-0.2, -0.15) is 5.26 Å². The molecule has 2 aliphatic rings. The van der Waals surface area contributed by atoms with Gasteiger partial charge in [-0.1, -0.05) is 31.0 Å². The number of hydrogen-bond donors (Lipinski definition) is 0. The highest BCUT2D eigenvalue weighted by Crippen LogP contribution is 2.34. The van der Waals surface area contributed by atoms with Gasteiger partial charge in [0.15, 0.2) is 5.88 Å². The van der Waals surface area contributed by atoms with Gasteiger partial charge < -0.3 is 9.32 Å². The van der Waals surface area contributed by atoms with Gasteiger partial charge in [-0.15, -0.1) is 0 Å². The highest BCUT2D eigenvalue weighted by molar-refractivity contribution is 8.18. The predicted octanol–water partition coefficient (Wildman–Crippen LogP) is 4.77. The number of furan rings is 1. The fourth-order valence-corrected chi connectivity index (χ4v) is 4.40. The second kappa shape index (κ2) is 8.58. The molecule has 2 fully saturated rings. The van der Waals surface area contributed by atoms with E-state index in [1.165, 1.54) is 17.7 Å². The lowest BCUT2D eigenvalue weighted by Crippen LogP contribution is -2.27. The summed E-state index contributed by atoms with van der Waals surface area (Å²) in [5, 5.41) is 8.89. The molecule has 0 atom stereocenters. The van der Waals surface area contributed by atoms with Crippen molar-refractivity contribution in [1.29, 1.82) is 5.26 Å². The van der Waals surface area contributed by atoms with Gasteiger partial charge in [0.05, 0.1) is 23.1 Å². The summed E-state index contributed by atoms with van der Waals surface area (Å²) >= 11 is 0.900. The van der Waals surface area contributed by atoms with Crippen LogP contribution in [-0.4, -0.2) is 29.1 Å². The van der Waals surface area contributed by atoms with Gasteiger partial charge >= 0.3 is 0 Å². The Balaban J connectivity index is 1.50. The zero-order valence-electron chi connectivity index (χ0n) is 16.0. The van der Waals surface area contributed by atoms with Crippen molar-refractivity contribution in [3.8, 4) is 6.07 Å². The third-order valence-corrected chi connectivity index (χ3v) is 6.05. The molecular weight excluding hydrogens is 386 g/mol. The van der Waals surface area contributed by atoms with Gasteiger partial charge in [-0.05, 0) is 42.3 Å². The van der Waals surface area contributed by atoms with Gasteiger partial charge in [-0.25, -0.2) is 0 Å². The summed E-state index contributed by atoms with van der Waals surface area (Å²) in [5.74, 6) is 1.01. The van der Waals surface area contributed by atoms with Crippen LogP contribution in [0.4, 0.5) is 10.7 Å². The number of thioether (sulfide) groups is 1. The molecule has 4 rings (SSSR count). The van der Waals surface area contributed by atoms with Crippen molar-refractivity contribution in [2.24, 2.45) is 0 Å². The van der Waals surface area contributed by atoms with Crippen molar-refractivity contribution in [2.75, 3.05) is 18.0 Å². The van der Waals surface area contributed by atoms with E-state index in [4.69, 9.17) is 4.42 Å². The maximum Gasteiger partial charge on any atom is 0.293 e. The molecule has 0 saturated carbocycles. The van der Waals surface area contributed by atoms with Crippen molar-refractivity contribution in [2.45, 2.75) is 32.2 Å². The lowest BCUT2D eigenvalue weighted by Gasteiger charge is -2.18. The molecule has 2 amide bonds. The number of anilines is 1. The van der Waals surface area contributed by atoms with Crippen LogP contribution in [0.1, 0.15) is 42.6 Å². The monoisotopic (exact) mass is 407 g/mol. The van der Waals surface area contributed by atoms with Gasteiger partial charge in [0.2, 0.25) is 0 Å². The van der Waals surface area contributed by atoms with Crippen LogP contribution < -0.4 is 4.90 Å². The summed E-state index contributed by atoms with van der Waals surface area (Å²) in [4.78, 5) is 28.9. The highest BCUT2D eigenvalue weighted by Gasteiger charge is 2.35. The maximum atomic E-state index is 12.8. The van der Waals surface area contributed by atoms with Gasteiger partial charge in [0, 0.05) is 25.2 Å². The van der Waals surface area contributed by atoms with Crippen LogP contribution in [-0.2, 0) is 11.3 Å². The van der Waals surface area contributed by atoms with Gasteiger partial charge in [0.1, 0.15) is 5.76 Å². The van der Waals surface area contributed by atoms with Crippen molar-refractivity contribution >= 4 is 34.9 Å². The number of carbonyl (C=O) groups is 2. The second-order valence-corrected chi connectivity index (χ2v) is 8.11. The number of hydrogen-bond acceptors (Lipinski definition) is 6. The Bertz CT molecular complexity index is 997. The van der Waals surface area contributed by atoms with Crippen LogP contribution in [0.15, 0.2) is 45.7 Å². The molecule has 0 aliphatic carbocycles. The van der Waals surface area contributed by atoms with Gasteiger partial charge in [0.25, 0.3) is 11.1 Å². The maximum absolute atomic E-state index is 12.8. The smallest absolute Gasteiger partial charge is 0.293 e. The number of amides is 2. The molecule has 2 saturated heterocycles. The molecule has 0 unspecified atom stereocenters. The summed E-state index contributed by atoms with van der Waals surface area (Å²) in [6, 6.07) is 12.8. The zero-order chi connectivity index (χ0) is 20.2. The Morgan fingerprint density at radius 1 is 1.07 bits per heavy atom. The molecule has 0 spiro atoms. The van der Waals surface area contributed by atoms with E-state index in [1.54, 1.807) is 30.3 Å². The van der Waals surface area contributed by atoms with E-state index < -0.39 is 0 Å². The van der Waals surface area contributed by atoms with Crippen molar-refractivity contribution in [3.05, 3.63) is 58.2 Å². The average Bonchev–Trinajstić information content (AvgIpc) is 3.16. The fourth-order valence-electron chi connectivity index (χ4n) is 3.58. The SMILES string of the molecule is N#Cc1ccccc1CN1C(=O)S/C(=C/c2ccc(N3CCCCCC3)o2)C1=O. The summed E-state index contributed by atoms with van der Waals surface area (Å²) < 4.78 is 5.93. The van der Waals surface area contributed by atoms with E-state index in [0.717, 1.165) is 43.6 Å². The summed E-state index contributed by atoms with van der Waals surface area (Å²) in [7, 11) is 0. The van der Waals surface area contributed by atoms with E-state index in [0.29, 0.717) is 21.8 Å². The zero-order valence-corrected chi connectivity index (χ0v) is 16.8. The third kappa shape index (κ3) is 4.22. The first-order chi connectivity index (χ1) is 14.2. The minimum atomic E-state index is -0.361. The van der Waals surface area contributed by atoms with E-state index in [9.17, 15) is 14.9 Å². The Kier molecular flexibility index (Phi) is 5.72. The van der Waals surface area contributed by atoms with E-state index >= 15 is 0 Å². The fraction of sp³-hybridized carbons (Fsp3) is 0.318. The average molecular weight is 407 g/mol. The van der Waals surface area contributed by atoms with Crippen LogP contribution in [0, 0.1) is 11.3 Å². The Morgan fingerprint density at radius 3 is 2.59 bits per heavy atom. The van der Waals surface area contributed by atoms with Crippen molar-refractivity contribution in [1.82, 2.24) is 4.90 Å². The molecule has 0 N–H and O–H groups in total. The Hall–Kier alpha value is -2.98. The Morgan fingerprint density at radius 2 is 1.83 bits per heavy atom. The molecule has 1 aromatic carbocycles. The number of imide groups is 1. The van der Waals surface area contributed by atoms with Gasteiger partial charge in [-0.3, -0.25) is 14.5 Å². The molecule has 6 nitrogen and oxygen atoms in total. The molecular formula is C22H21N3O3S. The summed E-state index contributed by atoms with van der Waals surface area (Å²) in [5.41, 5.74) is 1.11. The van der Waals surface area contributed by atoms with E-state index in [-0.39, 0.29) is 17.7 Å². The number of rotatable bonds is 4. The standard InChI is InChI=1S/C22H21N3O3S/c23-14-16-7-3-4-8-17(16)15-25-21(26)19(29-22(25)27)13-18-9-10-20(28-18)24-11-5-1-2-6-12-24/h3-4,7-10,13H,1-2,5-6,11-12,15H2/b19-13+. The predicted molar refractivity (Wildman–Crippen MR) is 112 cm³/mol. The van der Waals surface area contributed by atoms with Crippen LogP contribution in [0.25, 0.3) is 6.08 Å². The highest BCUT2D eigenvalue weighted by atomic mass is 32.2. The Labute approximate surface area is 173 Å². The molecule has 7 heteroatoms. The molecule has 0 bridgehead atoms. The topological polar surface area (TPSA) is 77.6 Å². The van der Waals surface area contributed by atoms with Crippen LogP contribution in [0.2, 0.25) is 0 Å². The molecule has 2 aromatic rings. The second-order valence-electron chi connectivity index (χ2n) is 7.11. The largest absolute Gasteiger partial charge is 0.441 e. The quantitative estimate of drug-likeness (QED) is 0.680. The third-order valence-electron chi connectivity index (χ3n) is 5.14. The lowest BCUT2D eigenvalue weighted by molar-refractivity contribution is -0.123. The molecule has 29 heavy (non-hydrogen) atoms. The molecule has 148 valence electrons. The number of nitrogens with zero attached hydrogens (tertiary/aromatic N) is 3. The summed E-state index contributed by atoms with van der Waals surface area (Å²) in [6.45, 7) is 2.03. The molecule has 2 aliphatic heterocycles.